The molecule has 0 radical (unpaired) electrons. The Bertz CT molecular complexity index is 624. The lowest BCUT2D eigenvalue weighted by molar-refractivity contribution is -0.129. The first-order valence-corrected chi connectivity index (χ1v) is 7.05. The number of benzene rings is 2. The molecule has 0 atom stereocenters. The van der Waals surface area contributed by atoms with Crippen molar-refractivity contribution in [1.29, 1.82) is 0 Å². The molecule has 2 N–H and O–H groups in total. The molecule has 114 valence electrons. The van der Waals surface area contributed by atoms with Gasteiger partial charge in [0, 0.05) is 6.42 Å². The second-order valence-electron chi connectivity index (χ2n) is 4.63. The maximum atomic E-state index is 11.5. The minimum absolute atomic E-state index is 0.158. The zero-order valence-electron chi connectivity index (χ0n) is 12.3. The zero-order chi connectivity index (χ0) is 15.8. The van der Waals surface area contributed by atoms with Crippen LogP contribution in [-0.2, 0) is 9.59 Å². The van der Waals surface area contributed by atoms with E-state index in [2.05, 4.69) is 10.9 Å². The Kier molecular flexibility index (Phi) is 5.54. The molecular weight excluding hydrogens is 280 g/mol. The van der Waals surface area contributed by atoms with Gasteiger partial charge in [0.1, 0.15) is 5.75 Å². The lowest BCUT2D eigenvalue weighted by atomic mass is 10.1. The number of ether oxygens (including phenoxy) is 1. The van der Waals surface area contributed by atoms with Crippen molar-refractivity contribution < 1.29 is 14.3 Å². The molecule has 0 saturated carbocycles. The first kappa shape index (κ1) is 15.6. The molecule has 0 bridgehead atoms. The van der Waals surface area contributed by atoms with Gasteiger partial charge in [-0.1, -0.05) is 49.4 Å². The van der Waals surface area contributed by atoms with Gasteiger partial charge in [0.2, 0.25) is 5.91 Å². The first-order valence-electron chi connectivity index (χ1n) is 7.05. The van der Waals surface area contributed by atoms with Crippen LogP contribution >= 0.6 is 0 Å². The van der Waals surface area contributed by atoms with Crippen molar-refractivity contribution in [3.63, 3.8) is 0 Å². The third-order valence-electron chi connectivity index (χ3n) is 2.99. The van der Waals surface area contributed by atoms with E-state index in [1.807, 2.05) is 42.5 Å². The highest BCUT2D eigenvalue weighted by Crippen LogP contribution is 2.21. The summed E-state index contributed by atoms with van der Waals surface area (Å²) in [5, 5.41) is 0. The smallest absolute Gasteiger partial charge is 0.276 e. The molecule has 5 heteroatoms. The SMILES string of the molecule is CCC(=O)NNC(=O)COc1ccc(-c2ccccc2)cc1. The molecule has 0 aliphatic heterocycles. The summed E-state index contributed by atoms with van der Waals surface area (Å²) >= 11 is 0. The quantitative estimate of drug-likeness (QED) is 0.832. The number of hydrogen-bond donors (Lipinski definition) is 2. The van der Waals surface area contributed by atoms with E-state index in [0.717, 1.165) is 11.1 Å². The summed E-state index contributed by atoms with van der Waals surface area (Å²) < 4.78 is 5.36. The highest BCUT2D eigenvalue weighted by atomic mass is 16.5. The molecule has 0 unspecified atom stereocenters. The van der Waals surface area contributed by atoms with E-state index in [-0.39, 0.29) is 12.5 Å². The summed E-state index contributed by atoms with van der Waals surface area (Å²) in [6.07, 6.45) is 0.308. The van der Waals surface area contributed by atoms with Crippen molar-refractivity contribution >= 4 is 11.8 Å². The van der Waals surface area contributed by atoms with Gasteiger partial charge < -0.3 is 4.74 Å². The summed E-state index contributed by atoms with van der Waals surface area (Å²) in [5.41, 5.74) is 6.75. The average Bonchev–Trinajstić information content (AvgIpc) is 2.59. The van der Waals surface area contributed by atoms with Crippen LogP contribution in [-0.4, -0.2) is 18.4 Å². The number of carbonyl (C=O) groups is 2. The first-order chi connectivity index (χ1) is 10.7. The number of rotatable bonds is 5. The normalized spacial score (nSPS) is 9.86. The second kappa shape index (κ2) is 7.83. The summed E-state index contributed by atoms with van der Waals surface area (Å²) in [4.78, 5) is 22.5. The molecule has 2 aromatic carbocycles. The molecule has 0 aliphatic rings. The van der Waals surface area contributed by atoms with Gasteiger partial charge in [0.15, 0.2) is 6.61 Å². The molecule has 2 aromatic rings. The van der Waals surface area contributed by atoms with E-state index in [9.17, 15) is 9.59 Å². The Morgan fingerprint density at radius 1 is 0.864 bits per heavy atom. The Balaban J connectivity index is 1.84. The van der Waals surface area contributed by atoms with Crippen LogP contribution in [0.1, 0.15) is 13.3 Å². The molecule has 0 aromatic heterocycles. The predicted molar refractivity (Wildman–Crippen MR) is 83.9 cm³/mol. The summed E-state index contributed by atoms with van der Waals surface area (Å²) in [5.74, 6) is -0.0638. The lowest BCUT2D eigenvalue weighted by Gasteiger charge is -2.08. The Labute approximate surface area is 129 Å². The topological polar surface area (TPSA) is 67.4 Å². The average molecular weight is 298 g/mol. The third kappa shape index (κ3) is 4.63. The van der Waals surface area contributed by atoms with Crippen LogP contribution < -0.4 is 15.6 Å². The maximum absolute atomic E-state index is 11.5. The molecule has 2 rings (SSSR count). The van der Waals surface area contributed by atoms with Gasteiger partial charge in [0.05, 0.1) is 0 Å². The number of nitrogens with one attached hydrogen (secondary N) is 2. The fraction of sp³-hybridized carbons (Fsp3) is 0.176. The molecule has 0 aliphatic carbocycles. The molecule has 0 fully saturated rings. The van der Waals surface area contributed by atoms with Crippen molar-refractivity contribution in [2.24, 2.45) is 0 Å². The lowest BCUT2D eigenvalue weighted by Crippen LogP contribution is -2.43. The van der Waals surface area contributed by atoms with Crippen LogP contribution in [0, 0.1) is 0 Å². The van der Waals surface area contributed by atoms with Crippen LogP contribution in [0.15, 0.2) is 54.6 Å². The van der Waals surface area contributed by atoms with E-state index in [1.54, 1.807) is 19.1 Å². The van der Waals surface area contributed by atoms with Crippen LogP contribution in [0.2, 0.25) is 0 Å². The largest absolute Gasteiger partial charge is 0.484 e. The molecule has 2 amide bonds. The fourth-order valence-corrected chi connectivity index (χ4v) is 1.79. The molecule has 0 saturated heterocycles. The molecule has 0 heterocycles. The van der Waals surface area contributed by atoms with Crippen molar-refractivity contribution in [3.8, 4) is 16.9 Å². The molecular formula is C17H18N2O3. The van der Waals surface area contributed by atoms with Crippen LogP contribution in [0.3, 0.4) is 0 Å². The van der Waals surface area contributed by atoms with Crippen LogP contribution in [0.25, 0.3) is 11.1 Å². The molecule has 22 heavy (non-hydrogen) atoms. The van der Waals surface area contributed by atoms with Gasteiger partial charge in [-0.3, -0.25) is 20.4 Å². The van der Waals surface area contributed by atoms with E-state index >= 15 is 0 Å². The number of hydrazine groups is 1. The van der Waals surface area contributed by atoms with Crippen molar-refractivity contribution in [3.05, 3.63) is 54.6 Å². The van der Waals surface area contributed by atoms with Crippen LogP contribution in [0.4, 0.5) is 0 Å². The minimum Gasteiger partial charge on any atom is -0.484 e. The fourth-order valence-electron chi connectivity index (χ4n) is 1.79. The summed E-state index contributed by atoms with van der Waals surface area (Å²) in [7, 11) is 0. The Morgan fingerprint density at radius 3 is 2.09 bits per heavy atom. The van der Waals surface area contributed by atoms with Crippen molar-refractivity contribution in [2.75, 3.05) is 6.61 Å². The summed E-state index contributed by atoms with van der Waals surface area (Å²) in [6, 6.07) is 17.5. The standard InChI is InChI=1S/C17H18N2O3/c1-2-16(20)18-19-17(21)12-22-15-10-8-14(9-11-15)13-6-4-3-5-7-13/h3-11H,2,12H2,1H3,(H,18,20)(H,19,21). The predicted octanol–water partition coefficient (Wildman–Crippen LogP) is 2.29. The van der Waals surface area contributed by atoms with E-state index in [0.29, 0.717) is 12.2 Å². The zero-order valence-corrected chi connectivity index (χ0v) is 12.3. The minimum atomic E-state index is -0.408. The van der Waals surface area contributed by atoms with Crippen molar-refractivity contribution in [2.45, 2.75) is 13.3 Å². The number of amides is 2. The van der Waals surface area contributed by atoms with Gasteiger partial charge in [-0.2, -0.15) is 0 Å². The number of carbonyl (C=O) groups excluding carboxylic acids is 2. The van der Waals surface area contributed by atoms with Gasteiger partial charge in [-0.25, -0.2) is 0 Å². The molecule has 5 nitrogen and oxygen atoms in total. The maximum Gasteiger partial charge on any atom is 0.276 e. The van der Waals surface area contributed by atoms with Crippen molar-refractivity contribution in [1.82, 2.24) is 10.9 Å². The van der Waals surface area contributed by atoms with Gasteiger partial charge in [-0.15, -0.1) is 0 Å². The highest BCUT2D eigenvalue weighted by molar-refractivity contribution is 5.82. The Hall–Kier alpha value is -2.82. The van der Waals surface area contributed by atoms with E-state index in [4.69, 9.17) is 4.74 Å². The Morgan fingerprint density at radius 2 is 1.45 bits per heavy atom. The third-order valence-corrected chi connectivity index (χ3v) is 2.99. The van der Waals surface area contributed by atoms with Gasteiger partial charge in [-0.05, 0) is 23.3 Å². The summed E-state index contributed by atoms with van der Waals surface area (Å²) in [6.45, 7) is 1.54. The monoisotopic (exact) mass is 298 g/mol. The molecule has 0 spiro atoms. The van der Waals surface area contributed by atoms with E-state index < -0.39 is 5.91 Å². The second-order valence-corrected chi connectivity index (χ2v) is 4.63. The van der Waals surface area contributed by atoms with E-state index in [1.165, 1.54) is 0 Å². The van der Waals surface area contributed by atoms with Crippen LogP contribution in [0.5, 0.6) is 5.75 Å². The highest BCUT2D eigenvalue weighted by Gasteiger charge is 2.04. The van der Waals surface area contributed by atoms with Gasteiger partial charge in [0.25, 0.3) is 5.91 Å². The number of hydrogen-bond acceptors (Lipinski definition) is 3. The van der Waals surface area contributed by atoms with Gasteiger partial charge >= 0.3 is 0 Å².